The number of aliphatic hydroxyl groups is 1. The van der Waals surface area contributed by atoms with Crippen molar-refractivity contribution in [2.75, 3.05) is 13.2 Å². The van der Waals surface area contributed by atoms with Gasteiger partial charge in [-0.05, 0) is 33.1 Å². The highest BCUT2D eigenvalue weighted by Crippen LogP contribution is 2.15. The lowest BCUT2D eigenvalue weighted by molar-refractivity contribution is -0.197. The molecule has 1 aliphatic heterocycles. The van der Waals surface area contributed by atoms with Crippen LogP contribution in [-0.2, 0) is 24.0 Å². The van der Waals surface area contributed by atoms with Crippen LogP contribution < -0.4 is 0 Å². The van der Waals surface area contributed by atoms with Crippen molar-refractivity contribution in [3.63, 3.8) is 0 Å². The number of unbranched alkanes of at least 4 members (excludes halogenated alkanes) is 2. The van der Waals surface area contributed by atoms with Crippen molar-refractivity contribution in [2.24, 2.45) is 0 Å². The van der Waals surface area contributed by atoms with E-state index in [4.69, 9.17) is 14.7 Å². The molecule has 0 saturated carbocycles. The van der Waals surface area contributed by atoms with E-state index >= 15 is 0 Å². The quantitative estimate of drug-likeness (QED) is 0.483. The molecule has 2 amide bonds. The number of nitrogens with zero attached hydrogens (tertiary/aromatic N) is 1. The molecule has 22 heavy (non-hydrogen) atoms. The second-order valence-corrected chi connectivity index (χ2v) is 5.94. The Kier molecular flexibility index (Phi) is 7.47. The van der Waals surface area contributed by atoms with Crippen LogP contribution >= 0.6 is 0 Å². The predicted molar refractivity (Wildman–Crippen MR) is 77.4 cm³/mol. The summed E-state index contributed by atoms with van der Waals surface area (Å²) in [7, 11) is 0. The number of imide groups is 1. The molecule has 0 spiro atoms. The molecule has 1 aliphatic rings. The van der Waals surface area contributed by atoms with Crippen molar-refractivity contribution in [1.29, 1.82) is 0 Å². The standard InChI is InChI=1S/C15H25NO6/c1-15(2,9-10-17)21-11-5-3-4-6-14(20)22-16-12(18)7-8-13(16)19/h17H,3-11H2,1-2H3. The van der Waals surface area contributed by atoms with Crippen molar-refractivity contribution < 1.29 is 29.1 Å². The van der Waals surface area contributed by atoms with E-state index in [0.717, 1.165) is 12.8 Å². The molecule has 126 valence electrons. The van der Waals surface area contributed by atoms with Crippen LogP contribution in [0.3, 0.4) is 0 Å². The van der Waals surface area contributed by atoms with Gasteiger partial charge in [0.1, 0.15) is 0 Å². The van der Waals surface area contributed by atoms with Crippen LogP contribution in [0.4, 0.5) is 0 Å². The summed E-state index contributed by atoms with van der Waals surface area (Å²) in [6, 6.07) is 0. The zero-order valence-corrected chi connectivity index (χ0v) is 13.3. The van der Waals surface area contributed by atoms with Gasteiger partial charge in [0.15, 0.2) is 0 Å². The number of hydrogen-bond acceptors (Lipinski definition) is 6. The van der Waals surface area contributed by atoms with Gasteiger partial charge in [0.2, 0.25) is 0 Å². The Bertz CT molecular complexity index is 391. The third kappa shape index (κ3) is 6.53. The molecule has 0 aromatic carbocycles. The monoisotopic (exact) mass is 315 g/mol. The Morgan fingerprint density at radius 2 is 1.82 bits per heavy atom. The molecule has 1 saturated heterocycles. The fourth-order valence-corrected chi connectivity index (χ4v) is 2.04. The van der Waals surface area contributed by atoms with E-state index in [-0.39, 0.29) is 31.5 Å². The highest BCUT2D eigenvalue weighted by Gasteiger charge is 2.32. The molecule has 0 aromatic rings. The summed E-state index contributed by atoms with van der Waals surface area (Å²) in [6.07, 6.45) is 3.14. The molecule has 1 rings (SSSR count). The number of hydroxylamine groups is 2. The summed E-state index contributed by atoms with van der Waals surface area (Å²) in [5.74, 6) is -1.49. The van der Waals surface area contributed by atoms with Crippen molar-refractivity contribution in [2.45, 2.75) is 64.4 Å². The minimum atomic E-state index is -0.565. The van der Waals surface area contributed by atoms with Gasteiger partial charge >= 0.3 is 5.97 Å². The van der Waals surface area contributed by atoms with Gasteiger partial charge in [-0.1, -0.05) is 6.42 Å². The Morgan fingerprint density at radius 1 is 1.18 bits per heavy atom. The first-order valence-electron chi connectivity index (χ1n) is 7.67. The normalized spacial score (nSPS) is 15.5. The Labute approximate surface area is 130 Å². The number of hydrogen-bond donors (Lipinski definition) is 1. The van der Waals surface area contributed by atoms with Gasteiger partial charge in [0.05, 0.1) is 5.60 Å². The number of rotatable bonds is 10. The van der Waals surface area contributed by atoms with Gasteiger partial charge in [-0.3, -0.25) is 9.59 Å². The van der Waals surface area contributed by atoms with E-state index in [1.807, 2.05) is 13.8 Å². The lowest BCUT2D eigenvalue weighted by atomic mass is 10.1. The average molecular weight is 315 g/mol. The van der Waals surface area contributed by atoms with Gasteiger partial charge < -0.3 is 14.7 Å². The molecule has 0 aliphatic carbocycles. The van der Waals surface area contributed by atoms with Gasteiger partial charge in [0, 0.05) is 32.5 Å². The maximum absolute atomic E-state index is 11.5. The molecule has 0 bridgehead atoms. The van der Waals surface area contributed by atoms with E-state index in [1.54, 1.807) is 0 Å². The zero-order valence-electron chi connectivity index (χ0n) is 13.3. The number of carbonyl (C=O) groups excluding carboxylic acids is 3. The van der Waals surface area contributed by atoms with Crippen LogP contribution in [0.15, 0.2) is 0 Å². The van der Waals surface area contributed by atoms with Crippen molar-refractivity contribution in [1.82, 2.24) is 5.06 Å². The summed E-state index contributed by atoms with van der Waals surface area (Å²) in [6.45, 7) is 4.49. The highest BCUT2D eigenvalue weighted by molar-refractivity contribution is 6.01. The van der Waals surface area contributed by atoms with Crippen LogP contribution in [0, 0.1) is 0 Å². The molecule has 7 heteroatoms. The molecule has 0 radical (unpaired) electrons. The van der Waals surface area contributed by atoms with E-state index in [9.17, 15) is 14.4 Å². The maximum Gasteiger partial charge on any atom is 0.333 e. The lowest BCUT2D eigenvalue weighted by Gasteiger charge is -2.24. The first-order chi connectivity index (χ1) is 10.4. The second kappa shape index (κ2) is 8.85. The molecule has 0 aromatic heterocycles. The third-order valence-electron chi connectivity index (χ3n) is 3.43. The molecule has 1 fully saturated rings. The maximum atomic E-state index is 11.5. The largest absolute Gasteiger partial charge is 0.396 e. The van der Waals surface area contributed by atoms with Crippen molar-refractivity contribution in [3.8, 4) is 0 Å². The molecule has 1 heterocycles. The van der Waals surface area contributed by atoms with Gasteiger partial charge in [-0.15, -0.1) is 5.06 Å². The van der Waals surface area contributed by atoms with Crippen LogP contribution in [0.25, 0.3) is 0 Å². The number of ether oxygens (including phenoxy) is 1. The SMILES string of the molecule is CC(C)(CCO)OCCCCCC(=O)ON1C(=O)CCC1=O. The average Bonchev–Trinajstić information content (AvgIpc) is 2.74. The predicted octanol–water partition coefficient (Wildman–Crippen LogP) is 1.33. The molecular formula is C15H25NO6. The van der Waals surface area contributed by atoms with Crippen LogP contribution in [0.2, 0.25) is 0 Å². The van der Waals surface area contributed by atoms with E-state index in [1.165, 1.54) is 0 Å². The Balaban J connectivity index is 2.08. The summed E-state index contributed by atoms with van der Waals surface area (Å²) in [4.78, 5) is 38.9. The topological polar surface area (TPSA) is 93.1 Å². The smallest absolute Gasteiger partial charge is 0.333 e. The summed E-state index contributed by atoms with van der Waals surface area (Å²) in [5.41, 5.74) is -0.343. The molecule has 7 nitrogen and oxygen atoms in total. The Morgan fingerprint density at radius 3 is 2.41 bits per heavy atom. The summed E-state index contributed by atoms with van der Waals surface area (Å²) < 4.78 is 5.64. The first kappa shape index (κ1) is 18.6. The fraction of sp³-hybridized carbons (Fsp3) is 0.800. The lowest BCUT2D eigenvalue weighted by Crippen LogP contribution is -2.31. The minimum Gasteiger partial charge on any atom is -0.396 e. The second-order valence-electron chi connectivity index (χ2n) is 5.94. The van der Waals surface area contributed by atoms with E-state index in [0.29, 0.717) is 24.5 Å². The molecule has 1 N–H and O–H groups in total. The van der Waals surface area contributed by atoms with E-state index in [2.05, 4.69) is 0 Å². The van der Waals surface area contributed by atoms with Gasteiger partial charge in [-0.25, -0.2) is 4.79 Å². The van der Waals surface area contributed by atoms with Crippen LogP contribution in [0.5, 0.6) is 0 Å². The van der Waals surface area contributed by atoms with Crippen LogP contribution in [0.1, 0.15) is 58.8 Å². The third-order valence-corrected chi connectivity index (χ3v) is 3.43. The number of amides is 2. The van der Waals surface area contributed by atoms with Crippen molar-refractivity contribution in [3.05, 3.63) is 0 Å². The number of aliphatic hydroxyl groups excluding tert-OH is 1. The molecular weight excluding hydrogens is 290 g/mol. The van der Waals surface area contributed by atoms with E-state index < -0.39 is 17.8 Å². The summed E-state index contributed by atoms with van der Waals surface area (Å²) in [5, 5.41) is 9.45. The van der Waals surface area contributed by atoms with Crippen molar-refractivity contribution >= 4 is 17.8 Å². The highest BCUT2D eigenvalue weighted by atomic mass is 16.7. The minimum absolute atomic E-state index is 0.0901. The zero-order chi connectivity index (χ0) is 16.6. The Hall–Kier alpha value is -1.47. The van der Waals surface area contributed by atoms with Gasteiger partial charge in [0.25, 0.3) is 11.8 Å². The molecule has 0 atom stereocenters. The van der Waals surface area contributed by atoms with Crippen LogP contribution in [-0.4, -0.2) is 46.8 Å². The summed E-state index contributed by atoms with van der Waals surface area (Å²) >= 11 is 0. The number of carbonyl (C=O) groups is 3. The molecule has 0 unspecified atom stereocenters. The first-order valence-corrected chi connectivity index (χ1v) is 7.67. The van der Waals surface area contributed by atoms with Gasteiger partial charge in [-0.2, -0.15) is 0 Å². The fourth-order valence-electron chi connectivity index (χ4n) is 2.04.